The third kappa shape index (κ3) is 13.1. The van der Waals surface area contributed by atoms with E-state index in [1.54, 1.807) is 0 Å². The Morgan fingerprint density at radius 2 is 1.60 bits per heavy atom. The van der Waals surface area contributed by atoms with Gasteiger partial charge >= 0.3 is 31.3 Å². The van der Waals surface area contributed by atoms with E-state index in [4.69, 9.17) is 24.0 Å². The fourth-order valence-electron chi connectivity index (χ4n) is 4.39. The second-order valence-corrected chi connectivity index (χ2v) is 17.2. The SMILES string of the molecule is CC(C)(COP(=O)(O)OP(=O)(O)OC[C@H]1O[C@@H](n2cnc3c(N)ncnc32)[C@H](OP(=O)(O)O)[C@@H]1OP(=O)(O)O)[C@@H](O)C(=O)NCCC(=O)NCCS. The predicted molar refractivity (Wildman–Crippen MR) is 174 cm³/mol. The Balaban J connectivity index is 1.71. The molecule has 0 spiro atoms. The number of imidazole rings is 1. The largest absolute Gasteiger partial charge is 0.481 e. The highest BCUT2D eigenvalue weighted by Crippen LogP contribution is 2.61. The van der Waals surface area contributed by atoms with Gasteiger partial charge in [-0.2, -0.15) is 16.9 Å². The number of phosphoric acid groups is 4. The third-order valence-corrected chi connectivity index (χ3v) is 10.6. The van der Waals surface area contributed by atoms with Gasteiger partial charge in [-0.05, 0) is 0 Å². The summed E-state index contributed by atoms with van der Waals surface area (Å²) in [6.07, 6.45) is -8.11. The highest BCUT2D eigenvalue weighted by atomic mass is 32.1. The molecule has 1 aliphatic heterocycles. The fourth-order valence-corrected chi connectivity index (χ4v) is 7.86. The smallest absolute Gasteiger partial charge is 0.383 e. The Hall–Kier alpha value is -1.96. The molecule has 52 heavy (non-hydrogen) atoms. The molecular weight excluding hydrogens is 810 g/mol. The van der Waals surface area contributed by atoms with E-state index >= 15 is 0 Å². The lowest BCUT2D eigenvalue weighted by atomic mass is 9.87. The van der Waals surface area contributed by atoms with Crippen molar-refractivity contribution in [2.45, 2.75) is 50.9 Å². The molecule has 7 atom stereocenters. The minimum atomic E-state index is -5.69. The van der Waals surface area contributed by atoms with E-state index in [9.17, 15) is 62.3 Å². The monoisotopic (exact) mass is 847 g/mol. The van der Waals surface area contributed by atoms with Crippen LogP contribution in [0.1, 0.15) is 26.5 Å². The fraction of sp³-hybridized carbons (Fsp3) is 0.667. The summed E-state index contributed by atoms with van der Waals surface area (Å²) in [5.74, 6) is -1.13. The summed E-state index contributed by atoms with van der Waals surface area (Å²) in [4.78, 5) is 94.1. The first kappa shape index (κ1) is 44.4. The topological polar surface area (TPSA) is 393 Å². The van der Waals surface area contributed by atoms with Crippen LogP contribution in [0, 0.1) is 5.41 Å². The first-order valence-corrected chi connectivity index (χ1v) is 21.1. The van der Waals surface area contributed by atoms with Crippen LogP contribution in [0.5, 0.6) is 0 Å². The molecule has 296 valence electrons. The molecular formula is C21H37N7O19P4S. The number of carbonyl (C=O) groups excluding carboxylic acids is 2. The average molecular weight is 848 g/mol. The maximum absolute atomic E-state index is 12.7. The van der Waals surface area contributed by atoms with Gasteiger partial charge in [0.25, 0.3) is 0 Å². The van der Waals surface area contributed by atoms with Crippen LogP contribution in [-0.4, -0.2) is 122 Å². The number of amides is 2. The quantitative estimate of drug-likeness (QED) is 0.0531. The summed E-state index contributed by atoms with van der Waals surface area (Å²) >= 11 is 3.94. The predicted octanol–water partition coefficient (Wildman–Crippen LogP) is -1.55. The number of aliphatic hydroxyl groups is 1. The van der Waals surface area contributed by atoms with Gasteiger partial charge in [0.15, 0.2) is 17.7 Å². The second kappa shape index (κ2) is 17.7. The number of aliphatic hydroxyl groups excluding tert-OH is 1. The number of ether oxygens (including phenoxy) is 1. The number of aromatic nitrogens is 4. The van der Waals surface area contributed by atoms with Crippen molar-refractivity contribution in [1.82, 2.24) is 30.2 Å². The molecule has 0 radical (unpaired) electrons. The molecule has 3 heterocycles. The van der Waals surface area contributed by atoms with Gasteiger partial charge in [-0.15, -0.1) is 0 Å². The van der Waals surface area contributed by atoms with E-state index in [2.05, 4.69) is 47.0 Å². The van der Waals surface area contributed by atoms with E-state index in [1.807, 2.05) is 0 Å². The van der Waals surface area contributed by atoms with Crippen molar-refractivity contribution < 1.29 is 89.5 Å². The van der Waals surface area contributed by atoms with Crippen molar-refractivity contribution in [2.24, 2.45) is 5.41 Å². The molecule has 26 nitrogen and oxygen atoms in total. The van der Waals surface area contributed by atoms with Crippen LogP contribution in [0.15, 0.2) is 12.7 Å². The van der Waals surface area contributed by atoms with Crippen LogP contribution in [0.2, 0.25) is 0 Å². The van der Waals surface area contributed by atoms with Crippen molar-refractivity contribution in [2.75, 3.05) is 37.8 Å². The van der Waals surface area contributed by atoms with Crippen LogP contribution in [-0.2, 0) is 55.0 Å². The zero-order chi connectivity index (χ0) is 39.3. The van der Waals surface area contributed by atoms with E-state index in [-0.39, 0.29) is 29.9 Å². The highest BCUT2D eigenvalue weighted by Gasteiger charge is 2.53. The number of carbonyl (C=O) groups is 2. The zero-order valence-electron chi connectivity index (χ0n) is 26.9. The van der Waals surface area contributed by atoms with Crippen LogP contribution in [0.3, 0.4) is 0 Å². The maximum Gasteiger partial charge on any atom is 0.481 e. The Morgan fingerprint density at radius 1 is 0.981 bits per heavy atom. The average Bonchev–Trinajstić information content (AvgIpc) is 3.57. The van der Waals surface area contributed by atoms with E-state index < -0.39 is 92.4 Å². The summed E-state index contributed by atoms with van der Waals surface area (Å²) < 4.78 is 78.6. The van der Waals surface area contributed by atoms with Gasteiger partial charge in [0.05, 0.1) is 19.5 Å². The number of fused-ring (bicyclic) bond motifs is 1. The molecule has 1 saturated heterocycles. The molecule has 11 N–H and O–H groups in total. The van der Waals surface area contributed by atoms with Crippen molar-refractivity contribution in [3.8, 4) is 0 Å². The minimum Gasteiger partial charge on any atom is -0.383 e. The number of rotatable bonds is 20. The Bertz CT molecular complexity index is 1770. The zero-order valence-corrected chi connectivity index (χ0v) is 31.4. The summed E-state index contributed by atoms with van der Waals surface area (Å²) in [6, 6.07) is 0. The van der Waals surface area contributed by atoms with Gasteiger partial charge in [0.1, 0.15) is 36.3 Å². The normalized spacial score (nSPS) is 22.8. The number of anilines is 1. The second-order valence-electron chi connectivity index (χ2n) is 11.4. The summed E-state index contributed by atoms with van der Waals surface area (Å²) in [5, 5.41) is 15.3. The van der Waals surface area contributed by atoms with Gasteiger partial charge in [-0.1, -0.05) is 13.8 Å². The van der Waals surface area contributed by atoms with Crippen LogP contribution < -0.4 is 16.4 Å². The molecule has 2 unspecified atom stereocenters. The Kier molecular flexibility index (Phi) is 15.1. The number of nitrogens with one attached hydrogen (secondary N) is 2. The van der Waals surface area contributed by atoms with Crippen molar-refractivity contribution in [1.29, 1.82) is 0 Å². The molecule has 0 saturated carbocycles. The molecule has 2 aromatic heterocycles. The summed E-state index contributed by atoms with van der Waals surface area (Å²) in [6.45, 7) is 0.358. The maximum atomic E-state index is 12.7. The van der Waals surface area contributed by atoms with Crippen LogP contribution in [0.4, 0.5) is 5.82 Å². The lowest BCUT2D eigenvalue weighted by molar-refractivity contribution is -0.137. The third-order valence-electron chi connectivity index (χ3n) is 6.75. The molecule has 2 aromatic rings. The molecule has 0 aliphatic carbocycles. The highest BCUT2D eigenvalue weighted by molar-refractivity contribution is 7.80. The number of hydrogen-bond acceptors (Lipinski definition) is 18. The first-order valence-electron chi connectivity index (χ1n) is 14.4. The molecule has 1 fully saturated rings. The van der Waals surface area contributed by atoms with Gasteiger partial charge < -0.3 is 55.6 Å². The Labute approximate surface area is 298 Å². The van der Waals surface area contributed by atoms with E-state index in [1.165, 1.54) is 13.8 Å². The van der Waals surface area contributed by atoms with Gasteiger partial charge in [-0.25, -0.2) is 33.2 Å². The molecule has 1 aliphatic rings. The van der Waals surface area contributed by atoms with Crippen LogP contribution >= 0.6 is 43.9 Å². The van der Waals surface area contributed by atoms with Crippen LogP contribution in [0.25, 0.3) is 11.2 Å². The molecule has 2 amide bonds. The number of phosphoric ester groups is 4. The van der Waals surface area contributed by atoms with Crippen molar-refractivity contribution in [3.63, 3.8) is 0 Å². The summed E-state index contributed by atoms with van der Waals surface area (Å²) in [7, 11) is -22.3. The first-order chi connectivity index (χ1) is 23.8. The van der Waals surface area contributed by atoms with Gasteiger partial charge in [0, 0.05) is 30.7 Å². The molecule has 0 aromatic carbocycles. The van der Waals surface area contributed by atoms with Gasteiger partial charge in [0.2, 0.25) is 11.8 Å². The Morgan fingerprint density at radius 3 is 2.21 bits per heavy atom. The lowest BCUT2D eigenvalue weighted by Crippen LogP contribution is -2.46. The molecule has 31 heteroatoms. The summed E-state index contributed by atoms with van der Waals surface area (Å²) in [5.41, 5.74) is 3.96. The number of nitrogen functional groups attached to an aromatic ring is 1. The number of thiol groups is 1. The molecule has 3 rings (SSSR count). The van der Waals surface area contributed by atoms with E-state index in [0.717, 1.165) is 17.2 Å². The number of nitrogens with zero attached hydrogens (tertiary/aromatic N) is 4. The molecule has 0 bridgehead atoms. The lowest BCUT2D eigenvalue weighted by Gasteiger charge is -2.30. The number of hydrogen-bond donors (Lipinski definition) is 11. The standard InChI is InChI=1S/C21H37N7O19P4S/c1-21(2,16(30)19(31)24-4-3-12(29)23-5-6-52)8-43-51(40,41)47-50(38,39)42-7-11-14(45-48(32,33)34)15(46-49(35,36)37)20(44-11)28-10-27-13-17(22)25-9-26-18(13)28/h9-11,14-16,20,30,52H,3-8H2,1-2H3,(H,23,29)(H,24,31)(H,38,39)(H,40,41)(H2,22,25,26)(H2,32,33,34)(H2,35,36,37)/t11-,14-,15-,16+,20-/m1/s1. The number of nitrogens with two attached hydrogens (primary N) is 1. The van der Waals surface area contributed by atoms with Crippen molar-refractivity contribution >= 4 is 72.7 Å². The van der Waals surface area contributed by atoms with Gasteiger partial charge in [-0.3, -0.25) is 32.3 Å². The van der Waals surface area contributed by atoms with Crippen molar-refractivity contribution in [3.05, 3.63) is 12.7 Å². The minimum absolute atomic E-state index is 0.0407. The van der Waals surface area contributed by atoms with E-state index in [0.29, 0.717) is 12.3 Å².